The van der Waals surface area contributed by atoms with Crippen molar-refractivity contribution in [3.63, 3.8) is 0 Å². The zero-order valence-electron chi connectivity index (χ0n) is 15.2. The van der Waals surface area contributed by atoms with E-state index in [1.807, 2.05) is 13.8 Å². The number of urea groups is 1. The van der Waals surface area contributed by atoms with Crippen molar-refractivity contribution in [3.8, 4) is 5.88 Å². The lowest BCUT2D eigenvalue weighted by molar-refractivity contribution is 0.0693. The zero-order valence-corrected chi connectivity index (χ0v) is 17.6. The molecule has 1 aromatic heterocycles. The molecule has 2 rings (SSSR count). The molecule has 0 bridgehead atoms. The molecule has 0 saturated carbocycles. The maximum atomic E-state index is 13.9. The van der Waals surface area contributed by atoms with E-state index < -0.39 is 17.8 Å². The first kappa shape index (κ1) is 22.1. The fraction of sp³-hybridized carbons (Fsp3) is 0.353. The average molecular weight is 475 g/mol. The van der Waals surface area contributed by atoms with Gasteiger partial charge in [0.2, 0.25) is 5.88 Å². The van der Waals surface area contributed by atoms with Crippen LogP contribution in [0.3, 0.4) is 0 Å². The number of nitrogens with one attached hydrogen (secondary N) is 3. The van der Waals surface area contributed by atoms with Crippen LogP contribution < -0.4 is 20.7 Å². The van der Waals surface area contributed by atoms with Gasteiger partial charge in [-0.15, -0.1) is 0 Å². The predicted molar refractivity (Wildman–Crippen MR) is 108 cm³/mol. The quantitative estimate of drug-likeness (QED) is 0.414. The minimum Gasteiger partial charge on any atom is -0.477 e. The highest BCUT2D eigenvalue weighted by Gasteiger charge is 2.23. The van der Waals surface area contributed by atoms with E-state index in [-0.39, 0.29) is 28.6 Å². The molecule has 1 heterocycles. The number of benzene rings is 1. The van der Waals surface area contributed by atoms with E-state index in [4.69, 9.17) is 4.74 Å². The van der Waals surface area contributed by atoms with Crippen molar-refractivity contribution >= 4 is 44.5 Å². The lowest BCUT2D eigenvalue weighted by Crippen LogP contribution is -2.36. The number of aromatic nitrogens is 1. The van der Waals surface area contributed by atoms with Crippen LogP contribution in [-0.4, -0.2) is 40.6 Å². The van der Waals surface area contributed by atoms with Crippen LogP contribution in [0.5, 0.6) is 5.88 Å². The Kier molecular flexibility index (Phi) is 8.15. The fourth-order valence-electron chi connectivity index (χ4n) is 2.12. The number of carbonyl (C=O) groups excluding carboxylic acids is 1. The smallest absolute Gasteiger partial charge is 0.344 e. The molecule has 0 unspecified atom stereocenters. The SMILES string of the molecule is CC(C)NCCNC(=O)Nc1snc(OCc2ccc(Br)cc2F)c1C(=O)O. The van der Waals surface area contributed by atoms with Crippen LogP contribution >= 0.6 is 27.5 Å². The maximum Gasteiger partial charge on any atom is 0.344 e. The molecule has 8 nitrogen and oxygen atoms in total. The summed E-state index contributed by atoms with van der Waals surface area (Å²) in [4.78, 5) is 23.5. The predicted octanol–water partition coefficient (Wildman–Crippen LogP) is 3.44. The summed E-state index contributed by atoms with van der Waals surface area (Å²) >= 11 is 3.93. The molecule has 0 saturated heterocycles. The molecule has 2 aromatic rings. The number of amides is 2. The Balaban J connectivity index is 2.00. The summed E-state index contributed by atoms with van der Waals surface area (Å²) in [6.45, 7) is 4.72. The number of hydrogen-bond acceptors (Lipinski definition) is 6. The number of carboxylic acid groups (broad SMARTS) is 1. The number of anilines is 1. The van der Waals surface area contributed by atoms with Gasteiger partial charge in [-0.25, -0.2) is 14.0 Å². The molecular formula is C17H20BrFN4O4S. The van der Waals surface area contributed by atoms with Crippen LogP contribution in [0.4, 0.5) is 14.2 Å². The second-order valence-electron chi connectivity index (χ2n) is 6.01. The molecule has 2 amide bonds. The number of ether oxygens (including phenoxy) is 1. The van der Waals surface area contributed by atoms with Gasteiger partial charge in [0.15, 0.2) is 5.56 Å². The van der Waals surface area contributed by atoms with E-state index in [9.17, 15) is 19.1 Å². The van der Waals surface area contributed by atoms with Crippen molar-refractivity contribution in [2.75, 3.05) is 18.4 Å². The van der Waals surface area contributed by atoms with E-state index in [1.54, 1.807) is 6.07 Å². The highest BCUT2D eigenvalue weighted by molar-refractivity contribution is 9.10. The summed E-state index contributed by atoms with van der Waals surface area (Å²) in [5.74, 6) is -1.98. The van der Waals surface area contributed by atoms with Gasteiger partial charge < -0.3 is 20.5 Å². The summed E-state index contributed by atoms with van der Waals surface area (Å²) in [6.07, 6.45) is 0. The second-order valence-corrected chi connectivity index (χ2v) is 7.70. The minimum atomic E-state index is -1.31. The number of nitrogens with zero attached hydrogens (tertiary/aromatic N) is 1. The van der Waals surface area contributed by atoms with Gasteiger partial charge in [-0.3, -0.25) is 5.32 Å². The molecule has 0 aliphatic rings. The van der Waals surface area contributed by atoms with Crippen molar-refractivity contribution in [1.29, 1.82) is 0 Å². The summed E-state index contributed by atoms with van der Waals surface area (Å²) < 4.78 is 23.7. The third kappa shape index (κ3) is 6.43. The number of carboxylic acids is 1. The first-order valence-corrected chi connectivity index (χ1v) is 9.92. The summed E-state index contributed by atoms with van der Waals surface area (Å²) in [6, 6.07) is 4.18. The lowest BCUT2D eigenvalue weighted by atomic mass is 10.2. The summed E-state index contributed by atoms with van der Waals surface area (Å²) in [5.41, 5.74) is -0.0320. The minimum absolute atomic E-state index is 0.0353. The second kappa shape index (κ2) is 10.3. The average Bonchev–Trinajstić information content (AvgIpc) is 3.00. The van der Waals surface area contributed by atoms with Crippen LogP contribution in [0.25, 0.3) is 0 Å². The van der Waals surface area contributed by atoms with E-state index in [2.05, 4.69) is 36.3 Å². The molecule has 28 heavy (non-hydrogen) atoms. The molecule has 0 atom stereocenters. The standard InChI is InChI=1S/C17H20BrFN4O4S/c1-9(2)20-5-6-21-17(26)22-15-13(16(24)25)14(23-28-15)27-8-10-3-4-11(18)7-12(10)19/h3-4,7,9,20H,5-6,8H2,1-2H3,(H,24,25)(H2,21,22,26). The third-order valence-electron chi connectivity index (χ3n) is 3.44. The topological polar surface area (TPSA) is 113 Å². The van der Waals surface area contributed by atoms with Crippen LogP contribution in [0.1, 0.15) is 29.8 Å². The molecule has 0 aliphatic carbocycles. The van der Waals surface area contributed by atoms with E-state index in [0.717, 1.165) is 11.5 Å². The fourth-order valence-corrected chi connectivity index (χ4v) is 3.17. The van der Waals surface area contributed by atoms with Gasteiger partial charge in [0.05, 0.1) is 0 Å². The van der Waals surface area contributed by atoms with E-state index >= 15 is 0 Å². The van der Waals surface area contributed by atoms with Gasteiger partial charge in [-0.1, -0.05) is 35.8 Å². The van der Waals surface area contributed by atoms with Crippen molar-refractivity contribution < 1.29 is 23.8 Å². The van der Waals surface area contributed by atoms with E-state index in [0.29, 0.717) is 23.6 Å². The monoisotopic (exact) mass is 474 g/mol. The molecule has 11 heteroatoms. The third-order valence-corrected chi connectivity index (χ3v) is 4.68. The number of halogens is 2. The first-order valence-electron chi connectivity index (χ1n) is 8.35. The Morgan fingerprint density at radius 3 is 2.75 bits per heavy atom. The molecule has 0 radical (unpaired) electrons. The molecular weight excluding hydrogens is 455 g/mol. The normalized spacial score (nSPS) is 10.8. The molecule has 152 valence electrons. The molecule has 0 spiro atoms. The van der Waals surface area contributed by atoms with Crippen LogP contribution in [0, 0.1) is 5.82 Å². The number of rotatable bonds is 9. The van der Waals surface area contributed by atoms with Gasteiger partial charge in [-0.2, -0.15) is 4.37 Å². The Morgan fingerprint density at radius 2 is 2.11 bits per heavy atom. The van der Waals surface area contributed by atoms with Crippen LogP contribution in [0.2, 0.25) is 0 Å². The van der Waals surface area contributed by atoms with Crippen LogP contribution in [0.15, 0.2) is 22.7 Å². The van der Waals surface area contributed by atoms with Crippen molar-refractivity contribution in [2.24, 2.45) is 0 Å². The highest BCUT2D eigenvalue weighted by Crippen LogP contribution is 2.31. The molecule has 0 fully saturated rings. The zero-order chi connectivity index (χ0) is 20.7. The number of carbonyl (C=O) groups is 2. The number of aromatic carboxylic acids is 1. The highest BCUT2D eigenvalue weighted by atomic mass is 79.9. The van der Waals surface area contributed by atoms with Crippen molar-refractivity contribution in [3.05, 3.63) is 39.6 Å². The molecule has 1 aromatic carbocycles. The lowest BCUT2D eigenvalue weighted by Gasteiger charge is -2.10. The molecule has 4 N–H and O–H groups in total. The van der Waals surface area contributed by atoms with Gasteiger partial charge in [0.1, 0.15) is 17.4 Å². The first-order chi connectivity index (χ1) is 13.3. The Morgan fingerprint density at radius 1 is 1.36 bits per heavy atom. The van der Waals surface area contributed by atoms with Gasteiger partial charge in [-0.05, 0) is 23.7 Å². The van der Waals surface area contributed by atoms with Gasteiger partial charge in [0, 0.05) is 29.2 Å². The van der Waals surface area contributed by atoms with Crippen LogP contribution in [-0.2, 0) is 6.61 Å². The van der Waals surface area contributed by atoms with E-state index in [1.165, 1.54) is 12.1 Å². The Labute approximate surface area is 173 Å². The largest absolute Gasteiger partial charge is 0.477 e. The van der Waals surface area contributed by atoms with Crippen molar-refractivity contribution in [1.82, 2.24) is 15.0 Å². The summed E-state index contributed by atoms with van der Waals surface area (Å²) in [5, 5.41) is 17.7. The maximum absolute atomic E-state index is 13.9. The Bertz CT molecular complexity index is 847. The Hall–Kier alpha value is -2.24. The summed E-state index contributed by atoms with van der Waals surface area (Å²) in [7, 11) is 0. The van der Waals surface area contributed by atoms with Gasteiger partial charge in [0.25, 0.3) is 0 Å². The van der Waals surface area contributed by atoms with Crippen molar-refractivity contribution in [2.45, 2.75) is 26.5 Å². The van der Waals surface area contributed by atoms with Gasteiger partial charge >= 0.3 is 12.0 Å². The molecule has 0 aliphatic heterocycles. The number of hydrogen-bond donors (Lipinski definition) is 4.